The molecular weight excluding hydrogens is 282 g/mol. The van der Waals surface area contributed by atoms with Crippen molar-refractivity contribution in [3.63, 3.8) is 0 Å². The molecule has 1 heterocycles. The molecule has 0 aliphatic carbocycles. The van der Waals surface area contributed by atoms with Crippen molar-refractivity contribution in [2.45, 2.75) is 0 Å². The lowest BCUT2D eigenvalue weighted by molar-refractivity contribution is 1.54. The molecule has 0 radical (unpaired) electrons. The fourth-order valence-corrected chi connectivity index (χ4v) is 2.48. The van der Waals surface area contributed by atoms with Crippen LogP contribution in [0.1, 0.15) is 0 Å². The van der Waals surface area contributed by atoms with Crippen LogP contribution in [-0.2, 0) is 0 Å². The molecule has 19 heavy (non-hydrogen) atoms. The number of rotatable bonds is 2. The van der Waals surface area contributed by atoms with Crippen molar-refractivity contribution in [2.24, 2.45) is 0 Å². The molecular formula is C12H10ClN5S. The molecule has 0 unspecified atom stereocenters. The second kappa shape index (κ2) is 4.56. The van der Waals surface area contributed by atoms with Crippen LogP contribution in [0, 0.1) is 0 Å². The summed E-state index contributed by atoms with van der Waals surface area (Å²) in [6.07, 6.45) is 0. The molecule has 0 amide bonds. The van der Waals surface area contributed by atoms with Gasteiger partial charge in [0.1, 0.15) is 11.0 Å². The minimum atomic E-state index is 0.518. The van der Waals surface area contributed by atoms with Crippen LogP contribution < -0.4 is 16.8 Å². The molecule has 5 nitrogen and oxygen atoms in total. The fraction of sp³-hybridized carbons (Fsp3) is 0. The largest absolute Gasteiger partial charge is 0.397 e. The smallest absolute Gasteiger partial charge is 0.129 e. The summed E-state index contributed by atoms with van der Waals surface area (Å²) in [7, 11) is 0. The van der Waals surface area contributed by atoms with Crippen LogP contribution in [-0.4, -0.2) is 8.75 Å². The van der Waals surface area contributed by atoms with Crippen LogP contribution in [0.15, 0.2) is 30.3 Å². The Hall–Kier alpha value is -2.05. The van der Waals surface area contributed by atoms with Crippen molar-refractivity contribution < 1.29 is 0 Å². The number of hydrogen-bond donors (Lipinski definition) is 3. The molecule has 0 atom stereocenters. The molecule has 0 fully saturated rings. The van der Waals surface area contributed by atoms with Crippen molar-refractivity contribution in [3.8, 4) is 0 Å². The zero-order valence-electron chi connectivity index (χ0n) is 9.72. The van der Waals surface area contributed by atoms with Crippen molar-refractivity contribution in [2.75, 3.05) is 16.8 Å². The second-order valence-electron chi connectivity index (χ2n) is 4.02. The number of nitrogen functional groups attached to an aromatic ring is 2. The number of fused-ring (bicyclic) bond motifs is 1. The molecule has 0 bridgehead atoms. The number of aromatic nitrogens is 2. The lowest BCUT2D eigenvalue weighted by Crippen LogP contribution is -1.97. The van der Waals surface area contributed by atoms with Crippen molar-refractivity contribution in [1.82, 2.24) is 8.75 Å². The highest BCUT2D eigenvalue weighted by Crippen LogP contribution is 2.33. The van der Waals surface area contributed by atoms with Crippen molar-refractivity contribution in [1.29, 1.82) is 0 Å². The van der Waals surface area contributed by atoms with Gasteiger partial charge in [-0.15, -0.1) is 0 Å². The Morgan fingerprint density at radius 2 is 1.89 bits per heavy atom. The van der Waals surface area contributed by atoms with E-state index in [1.165, 1.54) is 0 Å². The number of nitrogens with two attached hydrogens (primary N) is 2. The van der Waals surface area contributed by atoms with E-state index in [-0.39, 0.29) is 0 Å². The second-order valence-corrected chi connectivity index (χ2v) is 4.96. The fourth-order valence-electron chi connectivity index (χ4n) is 1.74. The summed E-state index contributed by atoms with van der Waals surface area (Å²) in [5.74, 6) is 0. The highest BCUT2D eigenvalue weighted by molar-refractivity contribution is 7.00. The topological polar surface area (TPSA) is 89.8 Å². The lowest BCUT2D eigenvalue weighted by atomic mass is 10.2. The Morgan fingerprint density at radius 3 is 2.68 bits per heavy atom. The Balaban J connectivity index is 2.07. The van der Waals surface area contributed by atoms with Crippen LogP contribution >= 0.6 is 23.3 Å². The zero-order valence-corrected chi connectivity index (χ0v) is 11.3. The summed E-state index contributed by atoms with van der Waals surface area (Å²) in [5.41, 5.74) is 15.6. The third kappa shape index (κ3) is 2.16. The predicted molar refractivity (Wildman–Crippen MR) is 81.0 cm³/mol. The number of hydrogen-bond acceptors (Lipinski definition) is 6. The van der Waals surface area contributed by atoms with Crippen molar-refractivity contribution >= 4 is 57.1 Å². The van der Waals surface area contributed by atoms with Crippen LogP contribution in [0.5, 0.6) is 0 Å². The third-order valence-corrected chi connectivity index (χ3v) is 3.59. The summed E-state index contributed by atoms with van der Waals surface area (Å²) in [6.45, 7) is 0. The average Bonchev–Trinajstić information content (AvgIpc) is 2.86. The lowest BCUT2D eigenvalue weighted by Gasteiger charge is -2.10. The summed E-state index contributed by atoms with van der Waals surface area (Å²) in [5, 5.41) is 3.79. The number of nitrogens with zero attached hydrogens (tertiary/aromatic N) is 2. The molecule has 0 saturated carbocycles. The van der Waals surface area contributed by atoms with Gasteiger partial charge in [0, 0.05) is 5.69 Å². The van der Waals surface area contributed by atoms with Gasteiger partial charge in [-0.25, -0.2) is 0 Å². The van der Waals surface area contributed by atoms with Crippen LogP contribution in [0.25, 0.3) is 11.0 Å². The van der Waals surface area contributed by atoms with Gasteiger partial charge in [0.05, 0.1) is 33.8 Å². The molecule has 3 aromatic rings. The maximum absolute atomic E-state index is 6.20. The number of anilines is 4. The van der Waals surface area contributed by atoms with Gasteiger partial charge in [-0.05, 0) is 30.3 Å². The molecule has 0 saturated heterocycles. The van der Waals surface area contributed by atoms with Gasteiger partial charge >= 0.3 is 0 Å². The van der Waals surface area contributed by atoms with Crippen molar-refractivity contribution in [3.05, 3.63) is 35.4 Å². The highest BCUT2D eigenvalue weighted by atomic mass is 35.5. The SMILES string of the molecule is Nc1ccc(Nc2c(Cl)ccc3nsnc23)cc1N. The molecule has 0 spiro atoms. The van der Waals surface area contributed by atoms with E-state index in [1.54, 1.807) is 18.2 Å². The van der Waals surface area contributed by atoms with E-state index in [0.717, 1.165) is 34.1 Å². The number of benzene rings is 2. The van der Waals surface area contributed by atoms with Gasteiger partial charge in [0.15, 0.2) is 0 Å². The van der Waals surface area contributed by atoms with Gasteiger partial charge in [-0.3, -0.25) is 0 Å². The van der Waals surface area contributed by atoms with Gasteiger partial charge in [-0.1, -0.05) is 11.6 Å². The molecule has 5 N–H and O–H groups in total. The Bertz CT molecular complexity index is 755. The van der Waals surface area contributed by atoms with E-state index in [1.807, 2.05) is 12.1 Å². The highest BCUT2D eigenvalue weighted by Gasteiger charge is 2.10. The molecule has 7 heteroatoms. The van der Waals surface area contributed by atoms with Crippen LogP contribution in [0.4, 0.5) is 22.7 Å². The van der Waals surface area contributed by atoms with Gasteiger partial charge < -0.3 is 16.8 Å². The van der Waals surface area contributed by atoms with Crippen LogP contribution in [0.3, 0.4) is 0 Å². The normalized spacial score (nSPS) is 10.8. The minimum absolute atomic E-state index is 0.518. The molecule has 2 aromatic carbocycles. The predicted octanol–water partition coefficient (Wildman–Crippen LogP) is 3.25. The van der Waals surface area contributed by atoms with Crippen LogP contribution in [0.2, 0.25) is 5.02 Å². The van der Waals surface area contributed by atoms with E-state index in [4.69, 9.17) is 23.1 Å². The number of halogens is 1. The molecule has 3 rings (SSSR count). The maximum atomic E-state index is 6.20. The molecule has 0 aliphatic heterocycles. The van der Waals surface area contributed by atoms with E-state index in [2.05, 4.69) is 14.1 Å². The van der Waals surface area contributed by atoms with E-state index in [0.29, 0.717) is 16.4 Å². The monoisotopic (exact) mass is 291 g/mol. The maximum Gasteiger partial charge on any atom is 0.129 e. The molecule has 0 aliphatic rings. The number of nitrogens with one attached hydrogen (secondary N) is 1. The first-order chi connectivity index (χ1) is 9.15. The summed E-state index contributed by atoms with van der Waals surface area (Å²) in [4.78, 5) is 0. The summed E-state index contributed by atoms with van der Waals surface area (Å²) < 4.78 is 8.42. The van der Waals surface area contributed by atoms with Gasteiger partial charge in [0.2, 0.25) is 0 Å². The molecule has 96 valence electrons. The third-order valence-electron chi connectivity index (χ3n) is 2.73. The standard InChI is InChI=1S/C12H10ClN5S/c13-7-2-4-10-12(18-19-17-10)11(7)16-6-1-3-8(14)9(15)5-6/h1-5,16H,14-15H2. The summed E-state index contributed by atoms with van der Waals surface area (Å²) in [6, 6.07) is 8.95. The first kappa shape index (κ1) is 12.0. The Kier molecular flexibility index (Phi) is 2.88. The zero-order chi connectivity index (χ0) is 13.4. The molecule has 1 aromatic heterocycles. The Morgan fingerprint density at radius 1 is 1.05 bits per heavy atom. The average molecular weight is 292 g/mol. The van der Waals surface area contributed by atoms with Gasteiger partial charge in [-0.2, -0.15) is 8.75 Å². The summed E-state index contributed by atoms with van der Waals surface area (Å²) >= 11 is 7.35. The minimum Gasteiger partial charge on any atom is -0.397 e. The Labute approximate surface area is 118 Å². The van der Waals surface area contributed by atoms with E-state index < -0.39 is 0 Å². The van der Waals surface area contributed by atoms with E-state index >= 15 is 0 Å². The van der Waals surface area contributed by atoms with Gasteiger partial charge in [0.25, 0.3) is 0 Å². The first-order valence-electron chi connectivity index (χ1n) is 5.48. The van der Waals surface area contributed by atoms with E-state index in [9.17, 15) is 0 Å². The first-order valence-corrected chi connectivity index (χ1v) is 6.59. The quantitative estimate of drug-likeness (QED) is 0.631.